The molecule has 0 aromatic carbocycles. The molecule has 12 heavy (non-hydrogen) atoms. The van der Waals surface area contributed by atoms with Crippen molar-refractivity contribution in [1.82, 2.24) is 5.32 Å². The van der Waals surface area contributed by atoms with E-state index in [0.717, 1.165) is 19.5 Å². The zero-order valence-corrected chi connectivity index (χ0v) is 6.94. The molecule has 3 aliphatic rings. The smallest absolute Gasteiger partial charge is 0.106 e. The maximum atomic E-state index is 9.51. The van der Waals surface area contributed by atoms with Gasteiger partial charge in [0.1, 0.15) is 6.10 Å². The highest BCUT2D eigenvalue weighted by molar-refractivity contribution is 4.89. The first-order valence-corrected chi connectivity index (χ1v) is 4.49. The van der Waals surface area contributed by atoms with Crippen LogP contribution in [0.15, 0.2) is 0 Å². The van der Waals surface area contributed by atoms with Gasteiger partial charge in [0.2, 0.25) is 0 Å². The summed E-state index contributed by atoms with van der Waals surface area (Å²) in [7, 11) is 0. The predicted octanol–water partition coefficient (Wildman–Crippen LogP) is -1.14. The molecular formula is C8H15NO3. The van der Waals surface area contributed by atoms with Crippen LogP contribution in [-0.2, 0) is 4.74 Å². The van der Waals surface area contributed by atoms with Gasteiger partial charge < -0.3 is 20.3 Å². The van der Waals surface area contributed by atoms with Gasteiger partial charge in [0.25, 0.3) is 0 Å². The number of aliphatic hydroxyl groups is 2. The second-order valence-electron chi connectivity index (χ2n) is 3.58. The van der Waals surface area contributed by atoms with Crippen LogP contribution in [0.25, 0.3) is 0 Å². The monoisotopic (exact) mass is 173 g/mol. The second-order valence-corrected chi connectivity index (χ2v) is 3.58. The van der Waals surface area contributed by atoms with Crippen molar-refractivity contribution in [2.75, 3.05) is 13.1 Å². The third kappa shape index (κ3) is 1.47. The summed E-state index contributed by atoms with van der Waals surface area (Å²) in [6.45, 7) is 1.60. The van der Waals surface area contributed by atoms with Crippen molar-refractivity contribution in [2.24, 2.45) is 0 Å². The molecule has 0 aliphatic carbocycles. The summed E-state index contributed by atoms with van der Waals surface area (Å²) in [5.41, 5.74) is 0. The van der Waals surface area contributed by atoms with Crippen molar-refractivity contribution in [2.45, 2.75) is 37.3 Å². The summed E-state index contributed by atoms with van der Waals surface area (Å²) in [6.07, 6.45) is 0.251. The van der Waals surface area contributed by atoms with Crippen LogP contribution in [0.5, 0.6) is 0 Å². The molecule has 4 unspecified atom stereocenters. The minimum Gasteiger partial charge on any atom is -0.390 e. The topological polar surface area (TPSA) is 61.7 Å². The van der Waals surface area contributed by atoms with E-state index in [1.54, 1.807) is 0 Å². The number of fused-ring (bicyclic) bond motifs is 5. The number of aliphatic hydroxyl groups excluding tert-OH is 2. The Morgan fingerprint density at radius 1 is 1.33 bits per heavy atom. The standard InChI is InChI=1S/C8H15NO3/c10-6-1-2-9-4-5-3-7(12-5)8(6)11/h5-11H,1-4H2. The van der Waals surface area contributed by atoms with E-state index >= 15 is 0 Å². The van der Waals surface area contributed by atoms with Gasteiger partial charge in [-0.15, -0.1) is 0 Å². The SMILES string of the molecule is OC1CCNCC2CC(O2)C1O. The van der Waals surface area contributed by atoms with E-state index in [-0.39, 0.29) is 12.2 Å². The number of nitrogens with one attached hydrogen (secondary N) is 1. The number of rotatable bonds is 0. The highest BCUT2D eigenvalue weighted by atomic mass is 16.5. The molecule has 0 saturated carbocycles. The van der Waals surface area contributed by atoms with Crippen LogP contribution in [0.2, 0.25) is 0 Å². The molecule has 3 N–H and O–H groups in total. The molecule has 3 fully saturated rings. The lowest BCUT2D eigenvalue weighted by Gasteiger charge is -2.38. The molecule has 3 heterocycles. The third-order valence-electron chi connectivity index (χ3n) is 2.63. The Morgan fingerprint density at radius 2 is 2.08 bits per heavy atom. The Morgan fingerprint density at radius 3 is 2.83 bits per heavy atom. The first kappa shape index (κ1) is 8.44. The molecule has 0 radical (unpaired) electrons. The van der Waals surface area contributed by atoms with Crippen LogP contribution < -0.4 is 5.32 Å². The summed E-state index contributed by atoms with van der Waals surface area (Å²) < 4.78 is 5.37. The maximum absolute atomic E-state index is 9.51. The van der Waals surface area contributed by atoms with E-state index in [4.69, 9.17) is 4.74 Å². The van der Waals surface area contributed by atoms with Gasteiger partial charge in [0.15, 0.2) is 0 Å². The van der Waals surface area contributed by atoms with Gasteiger partial charge in [-0.3, -0.25) is 0 Å². The number of hydrogen-bond donors (Lipinski definition) is 3. The summed E-state index contributed by atoms with van der Waals surface area (Å²) in [5.74, 6) is 0. The Bertz CT molecular complexity index is 154. The first-order chi connectivity index (χ1) is 5.77. The highest BCUT2D eigenvalue weighted by Gasteiger charge is 2.39. The number of ether oxygens (including phenoxy) is 1. The molecule has 3 rings (SSSR count). The minimum absolute atomic E-state index is 0.134. The van der Waals surface area contributed by atoms with Gasteiger partial charge in [-0.2, -0.15) is 0 Å². The van der Waals surface area contributed by atoms with E-state index in [9.17, 15) is 10.2 Å². The second kappa shape index (κ2) is 3.30. The van der Waals surface area contributed by atoms with Gasteiger partial charge in [0, 0.05) is 13.0 Å². The van der Waals surface area contributed by atoms with E-state index in [1.165, 1.54) is 0 Å². The molecule has 3 saturated heterocycles. The van der Waals surface area contributed by atoms with Crippen molar-refractivity contribution in [1.29, 1.82) is 0 Å². The van der Waals surface area contributed by atoms with Gasteiger partial charge in [0.05, 0.1) is 18.3 Å². The molecule has 70 valence electrons. The van der Waals surface area contributed by atoms with Gasteiger partial charge >= 0.3 is 0 Å². The van der Waals surface area contributed by atoms with Gasteiger partial charge in [-0.05, 0) is 13.0 Å². The molecule has 2 bridgehead atoms. The van der Waals surface area contributed by atoms with Crippen molar-refractivity contribution < 1.29 is 14.9 Å². The Balaban J connectivity index is 1.95. The van der Waals surface area contributed by atoms with Crippen LogP contribution in [0.4, 0.5) is 0 Å². The van der Waals surface area contributed by atoms with Crippen molar-refractivity contribution in [3.63, 3.8) is 0 Å². The van der Waals surface area contributed by atoms with Crippen LogP contribution in [0, 0.1) is 0 Å². The summed E-state index contributed by atoms with van der Waals surface area (Å²) in [4.78, 5) is 0. The lowest BCUT2D eigenvalue weighted by molar-refractivity contribution is -0.186. The molecular weight excluding hydrogens is 158 g/mol. The quantitative estimate of drug-likeness (QED) is 0.433. The van der Waals surface area contributed by atoms with E-state index in [0.29, 0.717) is 6.42 Å². The van der Waals surface area contributed by atoms with Crippen LogP contribution in [0.3, 0.4) is 0 Å². The Kier molecular flexibility index (Phi) is 2.32. The summed E-state index contributed by atoms with van der Waals surface area (Å²) in [5, 5.41) is 22.1. The fourth-order valence-electron chi connectivity index (χ4n) is 1.78. The van der Waals surface area contributed by atoms with Crippen LogP contribution in [-0.4, -0.2) is 47.7 Å². The largest absolute Gasteiger partial charge is 0.390 e. The molecule has 0 spiro atoms. The Hall–Kier alpha value is -0.160. The average Bonchev–Trinajstić information content (AvgIpc) is 2.06. The zero-order valence-electron chi connectivity index (χ0n) is 6.94. The predicted molar refractivity (Wildman–Crippen MR) is 42.8 cm³/mol. The van der Waals surface area contributed by atoms with E-state index < -0.39 is 12.2 Å². The average molecular weight is 173 g/mol. The molecule has 0 aromatic rings. The minimum atomic E-state index is -0.693. The fourth-order valence-corrected chi connectivity index (χ4v) is 1.78. The molecule has 4 atom stereocenters. The molecule has 4 heteroatoms. The van der Waals surface area contributed by atoms with E-state index in [1.807, 2.05) is 0 Å². The third-order valence-corrected chi connectivity index (χ3v) is 2.63. The van der Waals surface area contributed by atoms with Gasteiger partial charge in [-0.1, -0.05) is 0 Å². The fraction of sp³-hybridized carbons (Fsp3) is 1.00. The summed E-state index contributed by atoms with van der Waals surface area (Å²) in [6, 6.07) is 0. The van der Waals surface area contributed by atoms with E-state index in [2.05, 4.69) is 5.32 Å². The van der Waals surface area contributed by atoms with Crippen molar-refractivity contribution in [3.05, 3.63) is 0 Å². The lowest BCUT2D eigenvalue weighted by atomic mass is 9.96. The molecule has 0 aromatic heterocycles. The van der Waals surface area contributed by atoms with Crippen LogP contribution in [0.1, 0.15) is 12.8 Å². The van der Waals surface area contributed by atoms with Gasteiger partial charge in [-0.25, -0.2) is 0 Å². The first-order valence-electron chi connectivity index (χ1n) is 4.49. The van der Waals surface area contributed by atoms with Crippen molar-refractivity contribution >= 4 is 0 Å². The maximum Gasteiger partial charge on any atom is 0.106 e. The normalized spacial score (nSPS) is 48.5. The Labute approximate surface area is 71.5 Å². The molecule has 3 aliphatic heterocycles. The summed E-state index contributed by atoms with van der Waals surface area (Å²) >= 11 is 0. The lowest BCUT2D eigenvalue weighted by Crippen LogP contribution is -2.51. The zero-order chi connectivity index (χ0) is 8.55. The number of hydrogen-bond acceptors (Lipinski definition) is 4. The van der Waals surface area contributed by atoms with Crippen LogP contribution >= 0.6 is 0 Å². The highest BCUT2D eigenvalue weighted by Crippen LogP contribution is 2.26. The molecule has 4 nitrogen and oxygen atoms in total. The molecule has 0 amide bonds. The van der Waals surface area contributed by atoms with Crippen molar-refractivity contribution in [3.8, 4) is 0 Å².